The van der Waals surface area contributed by atoms with E-state index in [1.54, 1.807) is 26.0 Å². The summed E-state index contributed by atoms with van der Waals surface area (Å²) in [4.78, 5) is 64.5. The van der Waals surface area contributed by atoms with Crippen LogP contribution < -0.4 is 20.9 Å². The highest BCUT2D eigenvalue weighted by Crippen LogP contribution is 2.32. The summed E-state index contributed by atoms with van der Waals surface area (Å²) < 4.78 is 10.2. The number of carbonyl (C=O) groups excluding carboxylic acids is 5. The van der Waals surface area contributed by atoms with Crippen molar-refractivity contribution in [2.24, 2.45) is 5.92 Å². The number of esters is 1. The third-order valence-electron chi connectivity index (χ3n) is 6.13. The number of benzene rings is 1. The van der Waals surface area contributed by atoms with Crippen LogP contribution in [0, 0.1) is 5.92 Å². The van der Waals surface area contributed by atoms with Gasteiger partial charge in [0.15, 0.2) is 0 Å². The Bertz CT molecular complexity index is 1060. The third-order valence-corrected chi connectivity index (χ3v) is 6.13. The zero-order valence-corrected chi connectivity index (χ0v) is 22.7. The van der Waals surface area contributed by atoms with Crippen LogP contribution in [-0.4, -0.2) is 61.4 Å². The van der Waals surface area contributed by atoms with Gasteiger partial charge in [0.25, 0.3) is 0 Å². The Kier molecular flexibility index (Phi) is 11.8. The predicted octanol–water partition coefficient (Wildman–Crippen LogP) is 1.56. The van der Waals surface area contributed by atoms with Gasteiger partial charge in [-0.15, -0.1) is 0 Å². The number of nitrogens with one attached hydrogen (secondary N) is 3. The van der Waals surface area contributed by atoms with E-state index in [2.05, 4.69) is 16.0 Å². The van der Waals surface area contributed by atoms with Crippen molar-refractivity contribution in [2.45, 2.75) is 66.0 Å². The monoisotopic (exact) mass is 530 g/mol. The summed E-state index contributed by atoms with van der Waals surface area (Å²) in [7, 11) is 0. The standard InChI is InChI=1S/C27H38N4O7/c1-6-17(4)25(29-18(5)32)27(36)28-15-23(33)31-21-12-10-9-11-19(21)13-22(31)26(35)30-20(16-37-7-2)14-24(34)38-8-3/h9-12,16-17,22,25H,6-8,13-15H2,1-5H3,(H,28,36)(H,29,32)(H,30,35)/t17-,22?,25-/m0/s1. The number of nitrogens with zero attached hydrogens (tertiary/aromatic N) is 1. The minimum atomic E-state index is -0.912. The van der Waals surface area contributed by atoms with Crippen LogP contribution >= 0.6 is 0 Å². The minimum absolute atomic E-state index is 0.144. The number of fused-ring (bicyclic) bond motifs is 1. The van der Waals surface area contributed by atoms with Gasteiger partial charge in [-0.1, -0.05) is 38.5 Å². The molecule has 1 aliphatic heterocycles. The first-order valence-electron chi connectivity index (χ1n) is 12.8. The number of para-hydroxylation sites is 1. The molecule has 0 spiro atoms. The van der Waals surface area contributed by atoms with Gasteiger partial charge in [0, 0.05) is 19.0 Å². The van der Waals surface area contributed by atoms with E-state index < -0.39 is 35.8 Å². The van der Waals surface area contributed by atoms with Gasteiger partial charge in [0.2, 0.25) is 23.6 Å². The molecule has 1 aliphatic rings. The fraction of sp³-hybridized carbons (Fsp3) is 0.519. The summed E-state index contributed by atoms with van der Waals surface area (Å²) in [5.74, 6) is -2.50. The lowest BCUT2D eigenvalue weighted by Gasteiger charge is -2.27. The molecule has 1 aromatic rings. The molecule has 1 heterocycles. The number of amides is 4. The lowest BCUT2D eigenvalue weighted by molar-refractivity contribution is -0.142. The number of hydrogen-bond acceptors (Lipinski definition) is 7. The van der Waals surface area contributed by atoms with E-state index in [1.165, 1.54) is 18.1 Å². The first-order chi connectivity index (χ1) is 18.1. The summed E-state index contributed by atoms with van der Waals surface area (Å²) in [6.45, 7) is 8.67. The maximum atomic E-state index is 13.4. The van der Waals surface area contributed by atoms with Crippen molar-refractivity contribution < 1.29 is 33.4 Å². The minimum Gasteiger partial charge on any atom is -0.500 e. The van der Waals surface area contributed by atoms with Gasteiger partial charge in [-0.2, -0.15) is 0 Å². The van der Waals surface area contributed by atoms with E-state index in [0.29, 0.717) is 18.7 Å². The summed E-state index contributed by atoms with van der Waals surface area (Å²) >= 11 is 0. The molecule has 0 saturated heterocycles. The Balaban J connectivity index is 2.21. The van der Waals surface area contributed by atoms with Gasteiger partial charge in [-0.05, 0) is 31.4 Å². The van der Waals surface area contributed by atoms with Gasteiger partial charge in [-0.3, -0.25) is 28.9 Å². The molecule has 0 bridgehead atoms. The Morgan fingerprint density at radius 3 is 2.45 bits per heavy atom. The summed E-state index contributed by atoms with van der Waals surface area (Å²) in [6.07, 6.45) is 1.99. The van der Waals surface area contributed by atoms with Crippen LogP contribution in [0.2, 0.25) is 0 Å². The van der Waals surface area contributed by atoms with E-state index in [1.807, 2.05) is 26.0 Å². The SMILES string of the molecule is CCOC=C(CC(=O)OCC)NC(=O)C1Cc2ccccc2N1C(=O)CNC(=O)[C@@H](NC(C)=O)[C@@H](C)CC. The first-order valence-corrected chi connectivity index (χ1v) is 12.8. The van der Waals surface area contributed by atoms with Crippen LogP contribution in [0.25, 0.3) is 0 Å². The number of rotatable bonds is 13. The Hall–Kier alpha value is -3.89. The van der Waals surface area contributed by atoms with Crippen LogP contribution in [0.5, 0.6) is 0 Å². The normalized spacial score (nSPS) is 16.1. The summed E-state index contributed by atoms with van der Waals surface area (Å²) in [5.41, 5.74) is 1.57. The van der Waals surface area contributed by atoms with Gasteiger partial charge < -0.3 is 25.4 Å². The van der Waals surface area contributed by atoms with Crippen LogP contribution in [-0.2, 0) is 39.9 Å². The lowest BCUT2D eigenvalue weighted by atomic mass is 9.98. The highest BCUT2D eigenvalue weighted by Gasteiger charge is 2.39. The van der Waals surface area contributed by atoms with Crippen molar-refractivity contribution in [3.05, 3.63) is 41.8 Å². The van der Waals surface area contributed by atoms with Gasteiger partial charge >= 0.3 is 5.97 Å². The number of carbonyl (C=O) groups is 5. The molecule has 1 aromatic carbocycles. The van der Waals surface area contributed by atoms with E-state index in [9.17, 15) is 24.0 Å². The fourth-order valence-corrected chi connectivity index (χ4v) is 4.09. The molecule has 0 fully saturated rings. The van der Waals surface area contributed by atoms with E-state index in [0.717, 1.165) is 5.56 Å². The first kappa shape index (κ1) is 30.3. The third kappa shape index (κ3) is 8.32. The maximum Gasteiger partial charge on any atom is 0.311 e. The lowest BCUT2D eigenvalue weighted by Crippen LogP contribution is -2.54. The van der Waals surface area contributed by atoms with Crippen LogP contribution in [0.4, 0.5) is 5.69 Å². The smallest absolute Gasteiger partial charge is 0.311 e. The predicted molar refractivity (Wildman–Crippen MR) is 141 cm³/mol. The average molecular weight is 531 g/mol. The molecular weight excluding hydrogens is 492 g/mol. The molecule has 3 atom stereocenters. The van der Waals surface area contributed by atoms with E-state index >= 15 is 0 Å². The second kappa shape index (κ2) is 14.7. The zero-order valence-electron chi connectivity index (χ0n) is 22.7. The molecule has 0 saturated carbocycles. The average Bonchev–Trinajstić information content (AvgIpc) is 3.28. The Morgan fingerprint density at radius 2 is 1.82 bits per heavy atom. The van der Waals surface area contributed by atoms with E-state index in [-0.39, 0.29) is 43.5 Å². The van der Waals surface area contributed by atoms with Crippen molar-refractivity contribution in [1.29, 1.82) is 0 Å². The molecule has 2 rings (SSSR count). The molecule has 3 N–H and O–H groups in total. The van der Waals surface area contributed by atoms with Crippen molar-refractivity contribution in [1.82, 2.24) is 16.0 Å². The molecule has 0 aliphatic carbocycles. The fourth-order valence-electron chi connectivity index (χ4n) is 4.09. The van der Waals surface area contributed by atoms with E-state index in [4.69, 9.17) is 9.47 Å². The number of hydrogen-bond donors (Lipinski definition) is 3. The van der Waals surface area contributed by atoms with Crippen LogP contribution in [0.15, 0.2) is 36.2 Å². The second-order valence-corrected chi connectivity index (χ2v) is 8.96. The molecular formula is C27H38N4O7. The molecule has 11 nitrogen and oxygen atoms in total. The Labute approximate surface area is 223 Å². The maximum absolute atomic E-state index is 13.4. The number of ether oxygens (including phenoxy) is 2. The van der Waals surface area contributed by atoms with Crippen LogP contribution in [0.3, 0.4) is 0 Å². The molecule has 0 radical (unpaired) electrons. The summed E-state index contributed by atoms with van der Waals surface area (Å²) in [6, 6.07) is 5.43. The molecule has 11 heteroatoms. The summed E-state index contributed by atoms with van der Waals surface area (Å²) in [5, 5.41) is 7.94. The number of anilines is 1. The molecule has 0 aromatic heterocycles. The van der Waals surface area contributed by atoms with Crippen LogP contribution in [0.1, 0.15) is 53.0 Å². The van der Waals surface area contributed by atoms with Gasteiger partial charge in [-0.25, -0.2) is 0 Å². The van der Waals surface area contributed by atoms with Crippen molar-refractivity contribution in [3.63, 3.8) is 0 Å². The van der Waals surface area contributed by atoms with Gasteiger partial charge in [0.05, 0.1) is 31.9 Å². The molecule has 208 valence electrons. The largest absolute Gasteiger partial charge is 0.500 e. The van der Waals surface area contributed by atoms with Crippen molar-refractivity contribution in [2.75, 3.05) is 24.7 Å². The van der Waals surface area contributed by atoms with Gasteiger partial charge in [0.1, 0.15) is 18.3 Å². The zero-order chi connectivity index (χ0) is 28.2. The topological polar surface area (TPSA) is 143 Å². The quantitative estimate of drug-likeness (QED) is 0.259. The molecule has 38 heavy (non-hydrogen) atoms. The van der Waals surface area contributed by atoms with Crippen molar-refractivity contribution in [3.8, 4) is 0 Å². The molecule has 4 amide bonds. The second-order valence-electron chi connectivity index (χ2n) is 8.96. The highest BCUT2D eigenvalue weighted by molar-refractivity contribution is 6.05. The molecule has 1 unspecified atom stereocenters. The van der Waals surface area contributed by atoms with Crippen molar-refractivity contribution >= 4 is 35.3 Å². The highest BCUT2D eigenvalue weighted by atomic mass is 16.5. The Morgan fingerprint density at radius 1 is 1.11 bits per heavy atom.